The molecular formula is C13H23NO2. The smallest absolute Gasteiger partial charge is 0.309 e. The highest BCUT2D eigenvalue weighted by atomic mass is 16.5. The van der Waals surface area contributed by atoms with Crippen LogP contribution in [0.1, 0.15) is 45.4 Å². The second-order valence-electron chi connectivity index (χ2n) is 5.36. The molecule has 2 rings (SSSR count). The van der Waals surface area contributed by atoms with Gasteiger partial charge >= 0.3 is 5.97 Å². The number of carbonyl (C=O) groups excluding carboxylic acids is 1. The van der Waals surface area contributed by atoms with Crippen molar-refractivity contribution in [2.75, 3.05) is 13.2 Å². The molecule has 0 radical (unpaired) electrons. The van der Waals surface area contributed by atoms with Crippen LogP contribution in [0, 0.1) is 11.8 Å². The van der Waals surface area contributed by atoms with E-state index in [0.717, 1.165) is 19.4 Å². The number of hydrogen-bond acceptors (Lipinski definition) is 3. The number of ether oxygens (including phenoxy) is 1. The Bertz CT molecular complexity index is 236. The van der Waals surface area contributed by atoms with Crippen molar-refractivity contribution < 1.29 is 9.53 Å². The molecule has 1 saturated carbocycles. The van der Waals surface area contributed by atoms with Gasteiger partial charge < -0.3 is 10.1 Å². The number of rotatable bonds is 3. The Balaban J connectivity index is 1.70. The number of carbonyl (C=O) groups is 1. The maximum Gasteiger partial charge on any atom is 0.309 e. The van der Waals surface area contributed by atoms with Gasteiger partial charge in [0.05, 0.1) is 12.5 Å². The molecule has 2 unspecified atom stereocenters. The molecule has 1 heterocycles. The number of piperidine rings is 1. The summed E-state index contributed by atoms with van der Waals surface area (Å²) in [4.78, 5) is 11.9. The van der Waals surface area contributed by atoms with Crippen molar-refractivity contribution in [3.8, 4) is 0 Å². The van der Waals surface area contributed by atoms with Crippen LogP contribution in [0.4, 0.5) is 0 Å². The summed E-state index contributed by atoms with van der Waals surface area (Å²) in [6, 6.07) is 0.456. The zero-order valence-electron chi connectivity index (χ0n) is 10.2. The summed E-state index contributed by atoms with van der Waals surface area (Å²) in [6.45, 7) is 3.75. The van der Waals surface area contributed by atoms with Gasteiger partial charge in [-0.3, -0.25) is 4.79 Å². The van der Waals surface area contributed by atoms with Gasteiger partial charge in [0, 0.05) is 6.04 Å². The third kappa shape index (κ3) is 3.21. The summed E-state index contributed by atoms with van der Waals surface area (Å²) in [6.07, 6.45) is 6.99. The van der Waals surface area contributed by atoms with Crippen molar-refractivity contribution in [3.05, 3.63) is 0 Å². The highest BCUT2D eigenvalue weighted by Crippen LogP contribution is 2.25. The lowest BCUT2D eigenvalue weighted by Gasteiger charge is -2.26. The lowest BCUT2D eigenvalue weighted by Crippen LogP contribution is -2.39. The van der Waals surface area contributed by atoms with Crippen LogP contribution < -0.4 is 5.32 Å². The van der Waals surface area contributed by atoms with Gasteiger partial charge in [0.15, 0.2) is 0 Å². The quantitative estimate of drug-likeness (QED) is 0.748. The normalized spacial score (nSPS) is 31.6. The molecule has 2 aliphatic rings. The molecule has 1 N–H and O–H groups in total. The number of nitrogens with one attached hydrogen (secondary N) is 1. The van der Waals surface area contributed by atoms with E-state index < -0.39 is 0 Å². The molecule has 1 aliphatic carbocycles. The fourth-order valence-electron chi connectivity index (χ4n) is 2.84. The first-order valence-corrected chi connectivity index (χ1v) is 6.65. The standard InChI is InChI=1S/C13H23NO2/c1-10-8-12(6-7-14-10)13(15)16-9-11-4-2-3-5-11/h10-12,14H,2-9H2,1H3. The molecular weight excluding hydrogens is 202 g/mol. The topological polar surface area (TPSA) is 38.3 Å². The minimum absolute atomic E-state index is 0.0419. The second-order valence-corrected chi connectivity index (χ2v) is 5.36. The molecule has 3 heteroatoms. The van der Waals surface area contributed by atoms with E-state index in [1.165, 1.54) is 25.7 Å². The molecule has 1 aliphatic heterocycles. The van der Waals surface area contributed by atoms with E-state index in [9.17, 15) is 4.79 Å². The van der Waals surface area contributed by atoms with E-state index in [2.05, 4.69) is 12.2 Å². The first-order chi connectivity index (χ1) is 7.75. The summed E-state index contributed by atoms with van der Waals surface area (Å²) in [7, 11) is 0. The fraction of sp³-hybridized carbons (Fsp3) is 0.923. The predicted molar refractivity (Wildman–Crippen MR) is 63.1 cm³/mol. The molecule has 0 aromatic heterocycles. The molecule has 0 amide bonds. The van der Waals surface area contributed by atoms with Gasteiger partial charge in [-0.2, -0.15) is 0 Å². The van der Waals surface area contributed by atoms with E-state index in [4.69, 9.17) is 4.74 Å². The maximum absolute atomic E-state index is 11.9. The zero-order chi connectivity index (χ0) is 11.4. The molecule has 0 aromatic rings. The van der Waals surface area contributed by atoms with Crippen molar-refractivity contribution >= 4 is 5.97 Å². The van der Waals surface area contributed by atoms with Gasteiger partial charge in [-0.15, -0.1) is 0 Å². The van der Waals surface area contributed by atoms with Crippen LogP contribution in [0.2, 0.25) is 0 Å². The highest BCUT2D eigenvalue weighted by Gasteiger charge is 2.27. The van der Waals surface area contributed by atoms with Gasteiger partial charge in [-0.25, -0.2) is 0 Å². The third-order valence-corrected chi connectivity index (χ3v) is 3.89. The van der Waals surface area contributed by atoms with Crippen molar-refractivity contribution in [2.24, 2.45) is 11.8 Å². The second kappa shape index (κ2) is 5.67. The molecule has 2 atom stereocenters. The molecule has 3 nitrogen and oxygen atoms in total. The summed E-state index contributed by atoms with van der Waals surface area (Å²) in [5, 5.41) is 3.36. The summed E-state index contributed by atoms with van der Waals surface area (Å²) in [5.74, 6) is 0.820. The lowest BCUT2D eigenvalue weighted by molar-refractivity contribution is -0.151. The molecule has 0 aromatic carbocycles. The first kappa shape index (κ1) is 11.9. The summed E-state index contributed by atoms with van der Waals surface area (Å²) < 4.78 is 5.45. The van der Waals surface area contributed by atoms with Crippen LogP contribution >= 0.6 is 0 Å². The number of hydrogen-bond donors (Lipinski definition) is 1. The molecule has 0 bridgehead atoms. The molecule has 16 heavy (non-hydrogen) atoms. The van der Waals surface area contributed by atoms with E-state index in [1.807, 2.05) is 0 Å². The largest absolute Gasteiger partial charge is 0.465 e. The average molecular weight is 225 g/mol. The van der Waals surface area contributed by atoms with Gasteiger partial charge in [-0.05, 0) is 45.1 Å². The van der Waals surface area contributed by atoms with Crippen molar-refractivity contribution in [3.63, 3.8) is 0 Å². The van der Waals surface area contributed by atoms with Gasteiger partial charge in [0.2, 0.25) is 0 Å². The molecule has 2 fully saturated rings. The number of esters is 1. The molecule has 92 valence electrons. The van der Waals surface area contributed by atoms with Gasteiger partial charge in [0.25, 0.3) is 0 Å². The van der Waals surface area contributed by atoms with E-state index >= 15 is 0 Å². The van der Waals surface area contributed by atoms with Crippen LogP contribution in [0.25, 0.3) is 0 Å². The van der Waals surface area contributed by atoms with Crippen molar-refractivity contribution in [2.45, 2.75) is 51.5 Å². The van der Waals surface area contributed by atoms with E-state index in [0.29, 0.717) is 18.6 Å². The van der Waals surface area contributed by atoms with Crippen molar-refractivity contribution in [1.82, 2.24) is 5.32 Å². The zero-order valence-corrected chi connectivity index (χ0v) is 10.2. The Hall–Kier alpha value is -0.570. The Kier molecular flexibility index (Phi) is 4.22. The molecule has 0 spiro atoms. The average Bonchev–Trinajstić information content (AvgIpc) is 2.78. The lowest BCUT2D eigenvalue weighted by atomic mass is 9.93. The van der Waals surface area contributed by atoms with Gasteiger partial charge in [-0.1, -0.05) is 12.8 Å². The Morgan fingerprint density at radius 1 is 1.31 bits per heavy atom. The van der Waals surface area contributed by atoms with Crippen LogP contribution in [0.3, 0.4) is 0 Å². The van der Waals surface area contributed by atoms with Crippen LogP contribution in [0.5, 0.6) is 0 Å². The Morgan fingerprint density at radius 2 is 2.06 bits per heavy atom. The predicted octanol–water partition coefficient (Wildman–Crippen LogP) is 2.11. The third-order valence-electron chi connectivity index (χ3n) is 3.89. The minimum Gasteiger partial charge on any atom is -0.465 e. The Morgan fingerprint density at radius 3 is 2.75 bits per heavy atom. The first-order valence-electron chi connectivity index (χ1n) is 6.65. The van der Waals surface area contributed by atoms with E-state index in [1.54, 1.807) is 0 Å². The summed E-state index contributed by atoms with van der Waals surface area (Å²) in [5.41, 5.74) is 0. The molecule has 1 saturated heterocycles. The Labute approximate surface area is 97.9 Å². The van der Waals surface area contributed by atoms with Crippen molar-refractivity contribution in [1.29, 1.82) is 0 Å². The highest BCUT2D eigenvalue weighted by molar-refractivity contribution is 5.72. The maximum atomic E-state index is 11.9. The fourth-order valence-corrected chi connectivity index (χ4v) is 2.84. The van der Waals surface area contributed by atoms with Crippen LogP contribution in [-0.2, 0) is 9.53 Å². The van der Waals surface area contributed by atoms with Gasteiger partial charge in [0.1, 0.15) is 0 Å². The monoisotopic (exact) mass is 225 g/mol. The van der Waals surface area contributed by atoms with Crippen LogP contribution in [-0.4, -0.2) is 25.2 Å². The SMILES string of the molecule is CC1CC(C(=O)OCC2CCCC2)CCN1. The minimum atomic E-state index is 0.0419. The van der Waals surface area contributed by atoms with E-state index in [-0.39, 0.29) is 11.9 Å². The van der Waals surface area contributed by atoms with Crippen LogP contribution in [0.15, 0.2) is 0 Å². The summed E-state index contributed by atoms with van der Waals surface area (Å²) >= 11 is 0.